The highest BCUT2D eigenvalue weighted by Gasteiger charge is 2.45. The van der Waals surface area contributed by atoms with Gasteiger partial charge in [-0.1, -0.05) is 35.9 Å². The summed E-state index contributed by atoms with van der Waals surface area (Å²) in [5.74, 6) is -0.277. The number of nitrogens with zero attached hydrogens (tertiary/aromatic N) is 2. The van der Waals surface area contributed by atoms with E-state index in [1.807, 2.05) is 54.3 Å². The summed E-state index contributed by atoms with van der Waals surface area (Å²) in [4.78, 5) is 30.2. The molecular formula is C22H23ClN2O2. The van der Waals surface area contributed by atoms with Crippen LogP contribution in [0.1, 0.15) is 46.7 Å². The molecule has 2 atom stereocenters. The zero-order chi connectivity index (χ0) is 19.1. The molecule has 1 saturated heterocycles. The second-order valence-electron chi connectivity index (χ2n) is 7.45. The number of fused-ring (bicyclic) bond motifs is 2. The minimum absolute atomic E-state index is 0.0113. The Labute approximate surface area is 164 Å². The molecule has 2 amide bonds. The molecule has 2 heterocycles. The van der Waals surface area contributed by atoms with E-state index in [2.05, 4.69) is 0 Å². The van der Waals surface area contributed by atoms with E-state index >= 15 is 0 Å². The summed E-state index contributed by atoms with van der Waals surface area (Å²) >= 11 is 6.17. The number of aryl methyl sites for hydroxylation is 1. The fourth-order valence-electron chi connectivity index (χ4n) is 4.45. The van der Waals surface area contributed by atoms with Gasteiger partial charge in [-0.3, -0.25) is 9.59 Å². The van der Waals surface area contributed by atoms with Crippen LogP contribution in [0.2, 0.25) is 5.02 Å². The van der Waals surface area contributed by atoms with Crippen molar-refractivity contribution >= 4 is 29.1 Å². The van der Waals surface area contributed by atoms with Gasteiger partial charge in [0.1, 0.15) is 0 Å². The Balaban J connectivity index is 1.78. The highest BCUT2D eigenvalue weighted by molar-refractivity contribution is 6.31. The summed E-state index contributed by atoms with van der Waals surface area (Å²) in [6.45, 7) is 2.70. The minimum Gasteiger partial charge on any atom is -0.335 e. The first-order valence-electron chi connectivity index (χ1n) is 9.42. The number of benzene rings is 2. The van der Waals surface area contributed by atoms with E-state index < -0.39 is 0 Å². The van der Waals surface area contributed by atoms with Gasteiger partial charge in [0.25, 0.3) is 5.91 Å². The second kappa shape index (κ2) is 7.01. The van der Waals surface area contributed by atoms with Crippen LogP contribution in [0.15, 0.2) is 42.5 Å². The van der Waals surface area contributed by atoms with Crippen LogP contribution >= 0.6 is 11.6 Å². The predicted molar refractivity (Wildman–Crippen MR) is 107 cm³/mol. The third-order valence-electron chi connectivity index (χ3n) is 5.85. The van der Waals surface area contributed by atoms with E-state index in [-0.39, 0.29) is 23.8 Å². The van der Waals surface area contributed by atoms with Gasteiger partial charge in [0, 0.05) is 35.9 Å². The highest BCUT2D eigenvalue weighted by atomic mass is 35.5. The molecule has 5 heteroatoms. The van der Waals surface area contributed by atoms with E-state index in [4.69, 9.17) is 11.6 Å². The summed E-state index contributed by atoms with van der Waals surface area (Å²) in [6, 6.07) is 13.1. The molecule has 0 N–H and O–H groups in total. The van der Waals surface area contributed by atoms with Gasteiger partial charge in [0.2, 0.25) is 5.91 Å². The number of amides is 2. The maximum atomic E-state index is 13.6. The van der Waals surface area contributed by atoms with Gasteiger partial charge in [0.05, 0.1) is 5.92 Å². The van der Waals surface area contributed by atoms with Crippen molar-refractivity contribution in [2.75, 3.05) is 18.5 Å². The van der Waals surface area contributed by atoms with Crippen molar-refractivity contribution in [2.45, 2.75) is 38.1 Å². The molecule has 4 nitrogen and oxygen atoms in total. The van der Waals surface area contributed by atoms with Crippen LogP contribution in [0.5, 0.6) is 0 Å². The third-order valence-corrected chi connectivity index (χ3v) is 6.09. The zero-order valence-corrected chi connectivity index (χ0v) is 16.4. The van der Waals surface area contributed by atoms with Gasteiger partial charge in [0.15, 0.2) is 0 Å². The fourth-order valence-corrected chi connectivity index (χ4v) is 4.62. The maximum Gasteiger partial charge on any atom is 0.254 e. The van der Waals surface area contributed by atoms with Crippen LogP contribution in [0.4, 0.5) is 5.69 Å². The number of rotatable bonds is 2. The quantitative estimate of drug-likeness (QED) is 0.772. The van der Waals surface area contributed by atoms with Crippen LogP contribution < -0.4 is 4.90 Å². The lowest BCUT2D eigenvalue weighted by atomic mass is 9.78. The number of piperidine rings is 1. The summed E-state index contributed by atoms with van der Waals surface area (Å²) in [7, 11) is 1.80. The van der Waals surface area contributed by atoms with Gasteiger partial charge < -0.3 is 9.80 Å². The molecule has 0 bridgehead atoms. The summed E-state index contributed by atoms with van der Waals surface area (Å²) in [5.41, 5.74) is 3.31. The number of anilines is 1. The molecule has 2 aromatic rings. The number of halogens is 1. The normalized spacial score (nSPS) is 21.4. The molecule has 0 saturated carbocycles. The molecule has 0 radical (unpaired) electrons. The van der Waals surface area contributed by atoms with Gasteiger partial charge in [-0.2, -0.15) is 0 Å². The monoisotopic (exact) mass is 382 g/mol. The van der Waals surface area contributed by atoms with Crippen LogP contribution in [0.25, 0.3) is 0 Å². The Morgan fingerprint density at radius 2 is 1.96 bits per heavy atom. The summed E-state index contributed by atoms with van der Waals surface area (Å²) in [5, 5.41) is 0.605. The molecule has 2 aliphatic rings. The lowest BCUT2D eigenvalue weighted by molar-refractivity contribution is -0.121. The van der Waals surface area contributed by atoms with Crippen molar-refractivity contribution in [1.82, 2.24) is 4.90 Å². The van der Waals surface area contributed by atoms with Crippen LogP contribution in [0.3, 0.4) is 0 Å². The van der Waals surface area contributed by atoms with Gasteiger partial charge >= 0.3 is 0 Å². The lowest BCUT2D eigenvalue weighted by Gasteiger charge is -2.45. The lowest BCUT2D eigenvalue weighted by Crippen LogP contribution is -2.54. The number of likely N-dealkylation sites (N-methyl/N-ethyl adjacent to an activating group) is 1. The van der Waals surface area contributed by atoms with Crippen molar-refractivity contribution in [3.63, 3.8) is 0 Å². The molecule has 1 fully saturated rings. The first-order chi connectivity index (χ1) is 13.0. The molecule has 0 aromatic heterocycles. The Bertz CT molecular complexity index is 911. The van der Waals surface area contributed by atoms with Crippen LogP contribution in [-0.4, -0.2) is 36.3 Å². The van der Waals surface area contributed by atoms with Crippen LogP contribution in [-0.2, 0) is 4.79 Å². The summed E-state index contributed by atoms with van der Waals surface area (Å²) in [6.07, 6.45) is 2.90. The molecular weight excluding hydrogens is 360 g/mol. The highest BCUT2D eigenvalue weighted by Crippen LogP contribution is 2.40. The van der Waals surface area contributed by atoms with Gasteiger partial charge in [-0.25, -0.2) is 0 Å². The van der Waals surface area contributed by atoms with Crippen molar-refractivity contribution < 1.29 is 9.59 Å². The van der Waals surface area contributed by atoms with Crippen molar-refractivity contribution in [3.8, 4) is 0 Å². The predicted octanol–water partition coefficient (Wildman–Crippen LogP) is 4.40. The standard InChI is InChI=1S/C22H23ClN2O2/c1-14-10-11-15(23)13-19(14)24(2)22(27)20-16-7-3-4-8-17(16)21(26)25-12-6-5-9-18(20)25/h3-4,7-8,10-11,13,18,20H,5-6,9,12H2,1-2H3. The molecule has 27 heavy (non-hydrogen) atoms. The topological polar surface area (TPSA) is 40.6 Å². The van der Waals surface area contributed by atoms with Crippen LogP contribution in [0, 0.1) is 6.92 Å². The fraction of sp³-hybridized carbons (Fsp3) is 0.364. The van der Waals surface area contributed by atoms with E-state index in [0.717, 1.165) is 42.6 Å². The van der Waals surface area contributed by atoms with E-state index in [9.17, 15) is 9.59 Å². The van der Waals surface area contributed by atoms with E-state index in [1.165, 1.54) is 0 Å². The first-order valence-corrected chi connectivity index (χ1v) is 9.80. The Morgan fingerprint density at radius 1 is 1.19 bits per heavy atom. The number of hydrogen-bond donors (Lipinski definition) is 0. The van der Waals surface area contributed by atoms with E-state index in [1.54, 1.807) is 11.9 Å². The summed E-state index contributed by atoms with van der Waals surface area (Å²) < 4.78 is 0. The minimum atomic E-state index is -0.345. The van der Waals surface area contributed by atoms with Crippen molar-refractivity contribution in [1.29, 1.82) is 0 Å². The largest absolute Gasteiger partial charge is 0.335 e. The molecule has 2 unspecified atom stereocenters. The number of carbonyl (C=O) groups excluding carboxylic acids is 2. The zero-order valence-electron chi connectivity index (χ0n) is 15.6. The van der Waals surface area contributed by atoms with Gasteiger partial charge in [-0.05, 0) is 55.5 Å². The average Bonchev–Trinajstić information content (AvgIpc) is 2.69. The molecule has 0 aliphatic carbocycles. The molecule has 0 spiro atoms. The average molecular weight is 383 g/mol. The Morgan fingerprint density at radius 3 is 2.78 bits per heavy atom. The smallest absolute Gasteiger partial charge is 0.254 e. The molecule has 4 rings (SSSR count). The first kappa shape index (κ1) is 18.1. The molecule has 2 aromatic carbocycles. The molecule has 140 valence electrons. The SMILES string of the molecule is Cc1ccc(Cl)cc1N(C)C(=O)C1c2ccccc2C(=O)N2CCCCC12. The van der Waals surface area contributed by atoms with Crippen molar-refractivity contribution in [2.24, 2.45) is 0 Å². The number of carbonyl (C=O) groups is 2. The van der Waals surface area contributed by atoms with Gasteiger partial charge in [-0.15, -0.1) is 0 Å². The van der Waals surface area contributed by atoms with Crippen molar-refractivity contribution in [3.05, 3.63) is 64.2 Å². The maximum absolute atomic E-state index is 13.6. The Hall–Kier alpha value is -2.33. The number of hydrogen-bond acceptors (Lipinski definition) is 2. The van der Waals surface area contributed by atoms with E-state index in [0.29, 0.717) is 10.6 Å². The second-order valence-corrected chi connectivity index (χ2v) is 7.89. The Kier molecular flexibility index (Phi) is 4.68. The third kappa shape index (κ3) is 3.02. The molecule has 2 aliphatic heterocycles.